The second-order valence-electron chi connectivity index (χ2n) is 5.60. The molecule has 0 aliphatic carbocycles. The van der Waals surface area contributed by atoms with Gasteiger partial charge in [0.2, 0.25) is 0 Å². The topological polar surface area (TPSA) is 15.3 Å². The summed E-state index contributed by atoms with van der Waals surface area (Å²) in [4.78, 5) is 2.69. The van der Waals surface area contributed by atoms with Gasteiger partial charge in [-0.05, 0) is 36.8 Å². The summed E-state index contributed by atoms with van der Waals surface area (Å²) in [6.07, 6.45) is 6.44. The summed E-state index contributed by atoms with van der Waals surface area (Å²) in [5, 5.41) is 3.83. The fourth-order valence-corrected chi connectivity index (χ4v) is 3.74. The largest absolute Gasteiger partial charge is 0.295 e. The molecular formula is C16H24N2. The van der Waals surface area contributed by atoms with Crippen LogP contribution in [0, 0.1) is 0 Å². The summed E-state index contributed by atoms with van der Waals surface area (Å²) in [7, 11) is 0. The van der Waals surface area contributed by atoms with Gasteiger partial charge in [-0.1, -0.05) is 37.6 Å². The Labute approximate surface area is 110 Å². The maximum Gasteiger partial charge on any atom is 0.0975 e. The zero-order valence-electron chi connectivity index (χ0n) is 11.4. The Bertz CT molecular complexity index is 409. The van der Waals surface area contributed by atoms with E-state index in [9.17, 15) is 0 Å². The van der Waals surface area contributed by atoms with Crippen molar-refractivity contribution in [2.24, 2.45) is 0 Å². The van der Waals surface area contributed by atoms with E-state index in [0.717, 1.165) is 13.0 Å². The number of likely N-dealkylation sites (tertiary alicyclic amines) is 1. The van der Waals surface area contributed by atoms with Crippen LogP contribution in [0.1, 0.15) is 43.7 Å². The lowest BCUT2D eigenvalue weighted by atomic mass is 9.84. The summed E-state index contributed by atoms with van der Waals surface area (Å²) in [6.45, 7) is 5.93. The third-order valence-corrected chi connectivity index (χ3v) is 4.68. The van der Waals surface area contributed by atoms with Gasteiger partial charge in [-0.2, -0.15) is 0 Å². The second kappa shape index (κ2) is 5.02. The average molecular weight is 244 g/mol. The van der Waals surface area contributed by atoms with Gasteiger partial charge in [-0.25, -0.2) is 0 Å². The minimum Gasteiger partial charge on any atom is -0.295 e. The van der Waals surface area contributed by atoms with Crippen molar-refractivity contribution in [1.82, 2.24) is 10.2 Å². The molecule has 1 unspecified atom stereocenters. The van der Waals surface area contributed by atoms with Crippen molar-refractivity contribution in [3.8, 4) is 0 Å². The molecule has 1 saturated heterocycles. The third-order valence-electron chi connectivity index (χ3n) is 4.68. The standard InChI is InChI=1S/C16H24N2/c1-2-16(18-12-6-3-7-13-18)15-9-5-4-8-14(15)10-11-17-16/h4-5,8-9,17H,2-3,6-7,10-13H2,1H3. The summed E-state index contributed by atoms with van der Waals surface area (Å²) in [5.41, 5.74) is 3.18. The van der Waals surface area contributed by atoms with Crippen molar-refractivity contribution in [2.75, 3.05) is 19.6 Å². The number of rotatable bonds is 2. The molecule has 3 rings (SSSR count). The van der Waals surface area contributed by atoms with Crippen molar-refractivity contribution in [3.63, 3.8) is 0 Å². The zero-order valence-corrected chi connectivity index (χ0v) is 11.4. The van der Waals surface area contributed by atoms with Crippen LogP contribution in [0.4, 0.5) is 0 Å². The molecule has 1 aromatic rings. The van der Waals surface area contributed by atoms with Gasteiger partial charge in [0.1, 0.15) is 0 Å². The first-order chi connectivity index (χ1) is 8.87. The summed E-state index contributed by atoms with van der Waals surface area (Å²) < 4.78 is 0. The zero-order chi connectivity index (χ0) is 12.4. The van der Waals surface area contributed by atoms with E-state index in [4.69, 9.17) is 0 Å². The van der Waals surface area contributed by atoms with E-state index < -0.39 is 0 Å². The highest BCUT2D eigenvalue weighted by atomic mass is 15.3. The first kappa shape index (κ1) is 12.2. The maximum atomic E-state index is 3.83. The van der Waals surface area contributed by atoms with Crippen LogP contribution in [0.15, 0.2) is 24.3 Å². The number of piperidine rings is 1. The molecule has 18 heavy (non-hydrogen) atoms. The highest BCUT2D eigenvalue weighted by molar-refractivity contribution is 5.36. The predicted octanol–water partition coefficient (Wildman–Crippen LogP) is 2.88. The van der Waals surface area contributed by atoms with Gasteiger partial charge in [-0.3, -0.25) is 10.2 Å². The fourth-order valence-electron chi connectivity index (χ4n) is 3.74. The van der Waals surface area contributed by atoms with Gasteiger partial charge in [0.05, 0.1) is 5.66 Å². The van der Waals surface area contributed by atoms with Crippen LogP contribution in [0.2, 0.25) is 0 Å². The molecule has 1 aromatic carbocycles. The van der Waals surface area contributed by atoms with Crippen LogP contribution in [0.25, 0.3) is 0 Å². The van der Waals surface area contributed by atoms with Gasteiger partial charge in [0.15, 0.2) is 0 Å². The second-order valence-corrected chi connectivity index (χ2v) is 5.60. The molecular weight excluding hydrogens is 220 g/mol. The average Bonchev–Trinajstić information content (AvgIpc) is 2.47. The SMILES string of the molecule is CCC1(N2CCCCC2)NCCc2ccccc21. The quantitative estimate of drug-likeness (QED) is 0.860. The molecule has 0 aromatic heterocycles. The number of fused-ring (bicyclic) bond motifs is 1. The van der Waals surface area contributed by atoms with Gasteiger partial charge in [0, 0.05) is 19.6 Å². The van der Waals surface area contributed by atoms with Crippen LogP contribution in [-0.2, 0) is 12.1 Å². The lowest BCUT2D eigenvalue weighted by molar-refractivity contribution is 0.0237. The van der Waals surface area contributed by atoms with Gasteiger partial charge < -0.3 is 0 Å². The van der Waals surface area contributed by atoms with Crippen LogP contribution < -0.4 is 5.32 Å². The predicted molar refractivity (Wildman–Crippen MR) is 75.5 cm³/mol. The van der Waals surface area contributed by atoms with E-state index >= 15 is 0 Å². The van der Waals surface area contributed by atoms with Crippen molar-refractivity contribution in [1.29, 1.82) is 0 Å². The maximum absolute atomic E-state index is 3.83. The summed E-state index contributed by atoms with van der Waals surface area (Å²) in [5.74, 6) is 0. The van der Waals surface area contributed by atoms with Crippen molar-refractivity contribution < 1.29 is 0 Å². The molecule has 2 aliphatic heterocycles. The number of hydrogen-bond donors (Lipinski definition) is 1. The first-order valence-electron chi connectivity index (χ1n) is 7.45. The molecule has 98 valence electrons. The molecule has 1 atom stereocenters. The highest BCUT2D eigenvalue weighted by Crippen LogP contribution is 2.36. The lowest BCUT2D eigenvalue weighted by Crippen LogP contribution is -2.60. The third kappa shape index (κ3) is 1.88. The number of nitrogens with one attached hydrogen (secondary N) is 1. The molecule has 0 radical (unpaired) electrons. The first-order valence-corrected chi connectivity index (χ1v) is 7.45. The number of nitrogens with zero attached hydrogens (tertiary/aromatic N) is 1. The fraction of sp³-hybridized carbons (Fsp3) is 0.625. The van der Waals surface area contributed by atoms with E-state index in [2.05, 4.69) is 41.4 Å². The molecule has 0 amide bonds. The molecule has 2 aliphatic rings. The van der Waals surface area contributed by atoms with E-state index in [0.29, 0.717) is 0 Å². The van der Waals surface area contributed by atoms with Crippen LogP contribution in [0.5, 0.6) is 0 Å². The molecule has 1 fully saturated rings. The smallest absolute Gasteiger partial charge is 0.0975 e. The van der Waals surface area contributed by atoms with Crippen molar-refractivity contribution in [3.05, 3.63) is 35.4 Å². The Morgan fingerprint density at radius 3 is 2.72 bits per heavy atom. The normalized spacial score (nSPS) is 28.9. The van der Waals surface area contributed by atoms with Crippen LogP contribution in [-0.4, -0.2) is 24.5 Å². The van der Waals surface area contributed by atoms with Gasteiger partial charge in [-0.15, -0.1) is 0 Å². The van der Waals surface area contributed by atoms with E-state index in [1.165, 1.54) is 44.3 Å². The molecule has 2 heteroatoms. The minimum atomic E-state index is 0.106. The summed E-state index contributed by atoms with van der Waals surface area (Å²) >= 11 is 0. The van der Waals surface area contributed by atoms with Crippen molar-refractivity contribution >= 4 is 0 Å². The molecule has 0 saturated carbocycles. The number of benzene rings is 1. The monoisotopic (exact) mass is 244 g/mol. The molecule has 2 nitrogen and oxygen atoms in total. The van der Waals surface area contributed by atoms with Crippen LogP contribution in [0.3, 0.4) is 0 Å². The van der Waals surface area contributed by atoms with Gasteiger partial charge >= 0.3 is 0 Å². The summed E-state index contributed by atoms with van der Waals surface area (Å²) in [6, 6.07) is 9.02. The minimum absolute atomic E-state index is 0.106. The highest BCUT2D eigenvalue weighted by Gasteiger charge is 2.40. The van der Waals surface area contributed by atoms with E-state index in [1.807, 2.05) is 0 Å². The molecule has 1 N–H and O–H groups in total. The van der Waals surface area contributed by atoms with Gasteiger partial charge in [0.25, 0.3) is 0 Å². The molecule has 2 heterocycles. The Kier molecular flexibility index (Phi) is 3.40. The van der Waals surface area contributed by atoms with Crippen molar-refractivity contribution in [2.45, 2.75) is 44.7 Å². The lowest BCUT2D eigenvalue weighted by Gasteiger charge is -2.49. The Hall–Kier alpha value is -0.860. The Balaban J connectivity index is 2.01. The van der Waals surface area contributed by atoms with Crippen LogP contribution >= 0.6 is 0 Å². The molecule has 0 bridgehead atoms. The van der Waals surface area contributed by atoms with E-state index in [-0.39, 0.29) is 5.66 Å². The molecule has 0 spiro atoms. The Morgan fingerprint density at radius 1 is 1.17 bits per heavy atom. The van der Waals surface area contributed by atoms with E-state index in [1.54, 1.807) is 5.56 Å². The number of hydrogen-bond acceptors (Lipinski definition) is 2. The Morgan fingerprint density at radius 2 is 1.94 bits per heavy atom.